The van der Waals surface area contributed by atoms with Crippen molar-refractivity contribution in [3.8, 4) is 11.5 Å². The molecule has 0 radical (unpaired) electrons. The zero-order chi connectivity index (χ0) is 22.1. The van der Waals surface area contributed by atoms with Gasteiger partial charge in [-0.05, 0) is 23.8 Å². The van der Waals surface area contributed by atoms with Crippen LogP contribution in [-0.2, 0) is 9.59 Å². The second kappa shape index (κ2) is 8.59. The summed E-state index contributed by atoms with van der Waals surface area (Å²) < 4.78 is 10.9. The lowest BCUT2D eigenvalue weighted by atomic mass is 9.98. The van der Waals surface area contributed by atoms with Crippen LogP contribution in [0.1, 0.15) is 37.4 Å². The number of nitrogens with zero attached hydrogens (tertiary/aromatic N) is 3. The Morgan fingerprint density at radius 3 is 2.68 bits per heavy atom. The van der Waals surface area contributed by atoms with Crippen LogP contribution in [0.2, 0.25) is 5.02 Å². The Bertz CT molecular complexity index is 1050. The van der Waals surface area contributed by atoms with E-state index in [2.05, 4.69) is 5.10 Å². The van der Waals surface area contributed by atoms with Crippen molar-refractivity contribution in [1.29, 1.82) is 0 Å². The van der Waals surface area contributed by atoms with Crippen molar-refractivity contribution in [3.63, 3.8) is 0 Å². The summed E-state index contributed by atoms with van der Waals surface area (Å²) in [5, 5.41) is 6.67. The summed E-state index contributed by atoms with van der Waals surface area (Å²) >= 11 is 6.39. The second-order valence-corrected chi connectivity index (χ2v) is 8.35. The van der Waals surface area contributed by atoms with Crippen LogP contribution in [-0.4, -0.2) is 47.8 Å². The first-order chi connectivity index (χ1) is 14.8. The Morgan fingerprint density at radius 1 is 1.19 bits per heavy atom. The first-order valence-electron chi connectivity index (χ1n) is 10.1. The average Bonchev–Trinajstić information content (AvgIpc) is 3.40. The highest BCUT2D eigenvalue weighted by Gasteiger charge is 2.35. The van der Waals surface area contributed by atoms with Crippen molar-refractivity contribution in [2.45, 2.75) is 26.3 Å². The zero-order valence-electron chi connectivity index (χ0n) is 17.7. The van der Waals surface area contributed by atoms with Gasteiger partial charge in [-0.1, -0.05) is 49.7 Å². The van der Waals surface area contributed by atoms with Crippen LogP contribution in [0.4, 0.5) is 0 Å². The number of carbonyl (C=O) groups is 2. The highest BCUT2D eigenvalue weighted by Crippen LogP contribution is 2.39. The number of fused-ring (bicyclic) bond motifs is 1. The van der Waals surface area contributed by atoms with E-state index in [0.29, 0.717) is 22.9 Å². The summed E-state index contributed by atoms with van der Waals surface area (Å²) in [7, 11) is 1.63. The molecule has 2 aromatic carbocycles. The molecule has 31 heavy (non-hydrogen) atoms. The van der Waals surface area contributed by atoms with Crippen molar-refractivity contribution >= 4 is 29.1 Å². The molecule has 0 spiro atoms. The Morgan fingerprint density at radius 2 is 1.94 bits per heavy atom. The van der Waals surface area contributed by atoms with Gasteiger partial charge in [0.05, 0.1) is 11.8 Å². The fourth-order valence-corrected chi connectivity index (χ4v) is 4.02. The first-order valence-corrected chi connectivity index (χ1v) is 10.5. The number of hydrazone groups is 1. The van der Waals surface area contributed by atoms with Gasteiger partial charge in [0, 0.05) is 30.0 Å². The Kier molecular flexibility index (Phi) is 5.87. The summed E-state index contributed by atoms with van der Waals surface area (Å²) in [6.07, 6.45) is 0.497. The van der Waals surface area contributed by atoms with E-state index in [1.54, 1.807) is 13.1 Å². The van der Waals surface area contributed by atoms with Crippen LogP contribution in [0, 0.1) is 5.92 Å². The summed E-state index contributed by atoms with van der Waals surface area (Å²) in [5.41, 5.74) is 2.39. The van der Waals surface area contributed by atoms with Gasteiger partial charge in [0.2, 0.25) is 12.7 Å². The van der Waals surface area contributed by atoms with Crippen LogP contribution >= 0.6 is 11.6 Å². The first kappa shape index (κ1) is 21.2. The summed E-state index contributed by atoms with van der Waals surface area (Å²) in [4.78, 5) is 26.9. The molecule has 2 aliphatic rings. The molecule has 7 nitrogen and oxygen atoms in total. The fraction of sp³-hybridized carbons (Fsp3) is 0.348. The molecule has 0 aromatic heterocycles. The second-order valence-electron chi connectivity index (χ2n) is 7.95. The molecule has 0 saturated carbocycles. The van der Waals surface area contributed by atoms with Gasteiger partial charge < -0.3 is 14.4 Å². The molecule has 8 heteroatoms. The van der Waals surface area contributed by atoms with E-state index in [0.717, 1.165) is 16.8 Å². The van der Waals surface area contributed by atoms with Crippen molar-refractivity contribution in [3.05, 3.63) is 58.6 Å². The highest BCUT2D eigenvalue weighted by atomic mass is 35.5. The number of hydrogen-bond donors (Lipinski definition) is 0. The van der Waals surface area contributed by atoms with E-state index >= 15 is 0 Å². The standard InChI is InChI=1S/C23H24ClN3O4/c1-14(2)23(29)26(3)12-22(28)27-19(15-8-9-20-21(10-15)31-13-30-20)11-18(25-27)16-6-4-5-7-17(16)24/h4-10,14,19H,11-13H2,1-3H3. The number of carbonyl (C=O) groups excluding carboxylic acids is 2. The summed E-state index contributed by atoms with van der Waals surface area (Å²) in [5.74, 6) is 0.768. The van der Waals surface area contributed by atoms with E-state index in [4.69, 9.17) is 21.1 Å². The third-order valence-electron chi connectivity index (χ3n) is 5.37. The Labute approximate surface area is 186 Å². The van der Waals surface area contributed by atoms with Gasteiger partial charge in [-0.15, -0.1) is 0 Å². The van der Waals surface area contributed by atoms with Gasteiger partial charge in [-0.2, -0.15) is 5.10 Å². The number of likely N-dealkylation sites (N-methyl/N-ethyl adjacent to an activating group) is 1. The molecule has 4 rings (SSSR count). The van der Waals surface area contributed by atoms with Crippen LogP contribution in [0.5, 0.6) is 11.5 Å². The van der Waals surface area contributed by atoms with Gasteiger partial charge in [0.15, 0.2) is 11.5 Å². The molecule has 1 unspecified atom stereocenters. The largest absolute Gasteiger partial charge is 0.454 e. The third kappa shape index (κ3) is 4.23. The summed E-state index contributed by atoms with van der Waals surface area (Å²) in [6, 6.07) is 12.7. The number of benzene rings is 2. The van der Waals surface area contributed by atoms with Gasteiger partial charge in [0.25, 0.3) is 5.91 Å². The van der Waals surface area contributed by atoms with Crippen molar-refractivity contribution < 1.29 is 19.1 Å². The molecule has 2 amide bonds. The Balaban J connectivity index is 1.65. The number of amides is 2. The van der Waals surface area contributed by atoms with Crippen LogP contribution in [0.25, 0.3) is 0 Å². The maximum atomic E-state index is 13.2. The average molecular weight is 442 g/mol. The molecule has 2 aliphatic heterocycles. The SMILES string of the molecule is CC(C)C(=O)N(C)CC(=O)N1N=C(c2ccccc2Cl)CC1c1ccc2c(c1)OCO2. The fourth-order valence-electron chi connectivity index (χ4n) is 3.77. The quantitative estimate of drug-likeness (QED) is 0.706. The van der Waals surface area contributed by atoms with Crippen molar-refractivity contribution in [2.24, 2.45) is 11.0 Å². The molecule has 0 bridgehead atoms. The topological polar surface area (TPSA) is 71.4 Å². The lowest BCUT2D eigenvalue weighted by Gasteiger charge is -2.25. The lowest BCUT2D eigenvalue weighted by molar-refractivity contribution is -0.142. The normalized spacial score (nSPS) is 17.1. The molecular formula is C23H24ClN3O4. The van der Waals surface area contributed by atoms with Gasteiger partial charge >= 0.3 is 0 Å². The molecule has 0 N–H and O–H groups in total. The van der Waals surface area contributed by atoms with Gasteiger partial charge in [-0.3, -0.25) is 9.59 Å². The molecule has 0 fully saturated rings. The molecule has 1 atom stereocenters. The maximum Gasteiger partial charge on any atom is 0.262 e. The molecule has 0 aliphatic carbocycles. The van der Waals surface area contributed by atoms with E-state index < -0.39 is 0 Å². The monoisotopic (exact) mass is 441 g/mol. The van der Waals surface area contributed by atoms with Gasteiger partial charge in [-0.25, -0.2) is 5.01 Å². The summed E-state index contributed by atoms with van der Waals surface area (Å²) in [6.45, 7) is 3.73. The van der Waals surface area contributed by atoms with Crippen LogP contribution < -0.4 is 9.47 Å². The van der Waals surface area contributed by atoms with Crippen LogP contribution in [0.3, 0.4) is 0 Å². The molecule has 2 heterocycles. The predicted molar refractivity (Wildman–Crippen MR) is 117 cm³/mol. The number of hydrogen-bond acceptors (Lipinski definition) is 5. The minimum absolute atomic E-state index is 0.0582. The number of halogens is 1. The molecular weight excluding hydrogens is 418 g/mol. The predicted octanol–water partition coefficient (Wildman–Crippen LogP) is 3.86. The molecule has 162 valence electrons. The maximum absolute atomic E-state index is 13.2. The smallest absolute Gasteiger partial charge is 0.262 e. The molecule has 2 aromatic rings. The molecule has 0 saturated heterocycles. The zero-order valence-corrected chi connectivity index (χ0v) is 18.4. The van der Waals surface area contributed by atoms with Crippen molar-refractivity contribution in [1.82, 2.24) is 9.91 Å². The van der Waals surface area contributed by atoms with E-state index in [1.165, 1.54) is 9.91 Å². The van der Waals surface area contributed by atoms with Crippen molar-refractivity contribution in [2.75, 3.05) is 20.4 Å². The lowest BCUT2D eigenvalue weighted by Crippen LogP contribution is -2.40. The van der Waals surface area contributed by atoms with Gasteiger partial charge in [0.1, 0.15) is 6.54 Å². The minimum Gasteiger partial charge on any atom is -0.454 e. The Hall–Kier alpha value is -3.06. The number of rotatable bonds is 5. The van der Waals surface area contributed by atoms with Crippen LogP contribution in [0.15, 0.2) is 47.6 Å². The minimum atomic E-state index is -0.337. The third-order valence-corrected chi connectivity index (χ3v) is 5.70. The van der Waals surface area contributed by atoms with E-state index in [1.807, 2.05) is 50.2 Å². The van der Waals surface area contributed by atoms with E-state index in [-0.39, 0.29) is 37.1 Å². The highest BCUT2D eigenvalue weighted by molar-refractivity contribution is 6.34. The number of ether oxygens (including phenoxy) is 2. The van der Waals surface area contributed by atoms with E-state index in [9.17, 15) is 9.59 Å².